The lowest BCUT2D eigenvalue weighted by molar-refractivity contribution is -0.905. The Hall–Kier alpha value is -2.32. The van der Waals surface area contributed by atoms with Crippen LogP contribution in [0.5, 0.6) is 5.75 Å². The van der Waals surface area contributed by atoms with E-state index in [1.807, 2.05) is 0 Å². The summed E-state index contributed by atoms with van der Waals surface area (Å²) in [4.78, 5) is 25.7. The molecule has 8 heteroatoms. The number of hydrogen-bond donors (Lipinski definition) is 3. The zero-order valence-electron chi connectivity index (χ0n) is 14.3. The molecule has 1 fully saturated rings. The van der Waals surface area contributed by atoms with Crippen LogP contribution < -0.4 is 10.6 Å². The average Bonchev–Trinajstić information content (AvgIpc) is 2.52. The van der Waals surface area contributed by atoms with E-state index < -0.39 is 6.09 Å². The van der Waals surface area contributed by atoms with Gasteiger partial charge >= 0.3 is 6.09 Å². The van der Waals surface area contributed by atoms with Gasteiger partial charge in [-0.15, -0.1) is 0 Å². The summed E-state index contributed by atoms with van der Waals surface area (Å²) in [6.07, 6.45) is -0.672. The van der Waals surface area contributed by atoms with E-state index in [4.69, 9.17) is 0 Å². The standard InChI is InChI=1S/C16H24N4O4/c1-19-6-8-20(2,9-7-19)11-15(22)17-12-4-5-13(14(21)10-12)18-16(23)24-3/h4-5,10H,6-9,11H2,1-3H3,(H2-,17,18,21,22,23)/p+1. The second-order valence-electron chi connectivity index (χ2n) is 6.42. The number of rotatable bonds is 4. The molecule has 1 heterocycles. The monoisotopic (exact) mass is 337 g/mol. The van der Waals surface area contributed by atoms with Crippen LogP contribution >= 0.6 is 0 Å². The highest BCUT2D eigenvalue weighted by molar-refractivity contribution is 5.93. The van der Waals surface area contributed by atoms with Crippen LogP contribution in [-0.2, 0) is 9.53 Å². The van der Waals surface area contributed by atoms with Crippen molar-refractivity contribution in [2.75, 3.05) is 64.6 Å². The van der Waals surface area contributed by atoms with Gasteiger partial charge in [-0.2, -0.15) is 0 Å². The molecule has 1 aliphatic heterocycles. The maximum Gasteiger partial charge on any atom is 0.411 e. The summed E-state index contributed by atoms with van der Waals surface area (Å²) < 4.78 is 5.17. The molecule has 2 amide bonds. The number of piperazine rings is 1. The first-order valence-electron chi connectivity index (χ1n) is 7.81. The van der Waals surface area contributed by atoms with Crippen molar-refractivity contribution in [3.8, 4) is 5.75 Å². The fraction of sp³-hybridized carbons (Fsp3) is 0.500. The lowest BCUT2D eigenvalue weighted by Crippen LogP contribution is -2.58. The van der Waals surface area contributed by atoms with Crippen LogP contribution in [0, 0.1) is 0 Å². The molecule has 1 saturated heterocycles. The van der Waals surface area contributed by atoms with Crippen LogP contribution in [0.2, 0.25) is 0 Å². The number of carbonyl (C=O) groups excluding carboxylic acids is 2. The average molecular weight is 337 g/mol. The molecular formula is C16H25N4O4+. The van der Waals surface area contributed by atoms with Gasteiger partial charge in [0.2, 0.25) is 0 Å². The van der Waals surface area contributed by atoms with E-state index in [-0.39, 0.29) is 17.3 Å². The van der Waals surface area contributed by atoms with Gasteiger partial charge in [0.15, 0.2) is 6.54 Å². The molecule has 0 atom stereocenters. The maximum absolute atomic E-state index is 12.3. The second-order valence-corrected chi connectivity index (χ2v) is 6.42. The van der Waals surface area contributed by atoms with Crippen molar-refractivity contribution in [2.24, 2.45) is 0 Å². The molecule has 0 spiro atoms. The van der Waals surface area contributed by atoms with E-state index in [1.54, 1.807) is 6.07 Å². The van der Waals surface area contributed by atoms with E-state index >= 15 is 0 Å². The Morgan fingerprint density at radius 2 is 1.96 bits per heavy atom. The molecule has 1 aromatic carbocycles. The van der Waals surface area contributed by atoms with Crippen LogP contribution in [0.3, 0.4) is 0 Å². The van der Waals surface area contributed by atoms with Crippen molar-refractivity contribution in [1.82, 2.24) is 4.90 Å². The Labute approximate surface area is 141 Å². The summed E-state index contributed by atoms with van der Waals surface area (Å²) in [7, 11) is 5.40. The molecule has 0 unspecified atom stereocenters. The highest BCUT2D eigenvalue weighted by Crippen LogP contribution is 2.27. The lowest BCUT2D eigenvalue weighted by Gasteiger charge is -2.40. The summed E-state index contributed by atoms with van der Waals surface area (Å²) in [5.74, 6) is -0.242. The number of carbonyl (C=O) groups is 2. The van der Waals surface area contributed by atoms with E-state index in [1.165, 1.54) is 19.2 Å². The maximum atomic E-state index is 12.3. The summed E-state index contributed by atoms with van der Waals surface area (Å²) in [5.41, 5.74) is 0.701. The van der Waals surface area contributed by atoms with Crippen molar-refractivity contribution < 1.29 is 23.9 Å². The van der Waals surface area contributed by atoms with Gasteiger partial charge < -0.3 is 19.6 Å². The Morgan fingerprint density at radius 3 is 2.54 bits per heavy atom. The Morgan fingerprint density at radius 1 is 1.29 bits per heavy atom. The SMILES string of the molecule is COC(=O)Nc1ccc(NC(=O)C[N+]2(C)CCN(C)CC2)cc1O. The minimum Gasteiger partial charge on any atom is -0.506 e. The first-order chi connectivity index (χ1) is 11.3. The van der Waals surface area contributed by atoms with Gasteiger partial charge in [-0.25, -0.2) is 4.79 Å². The van der Waals surface area contributed by atoms with Crippen LogP contribution in [0.1, 0.15) is 0 Å². The van der Waals surface area contributed by atoms with E-state index in [0.717, 1.165) is 26.2 Å². The van der Waals surface area contributed by atoms with Gasteiger partial charge in [0.1, 0.15) is 5.75 Å². The summed E-state index contributed by atoms with van der Waals surface area (Å²) in [6.45, 7) is 4.18. The lowest BCUT2D eigenvalue weighted by atomic mass is 10.2. The zero-order valence-corrected chi connectivity index (χ0v) is 14.3. The molecule has 132 valence electrons. The van der Waals surface area contributed by atoms with E-state index in [9.17, 15) is 14.7 Å². The molecule has 0 aromatic heterocycles. The van der Waals surface area contributed by atoms with Crippen molar-refractivity contribution >= 4 is 23.4 Å². The van der Waals surface area contributed by atoms with Crippen molar-refractivity contribution in [3.05, 3.63) is 18.2 Å². The Bertz CT molecular complexity index is 612. The number of ether oxygens (including phenoxy) is 1. The van der Waals surface area contributed by atoms with Crippen molar-refractivity contribution in [3.63, 3.8) is 0 Å². The Balaban J connectivity index is 1.94. The third kappa shape index (κ3) is 4.84. The zero-order chi connectivity index (χ0) is 17.7. The molecule has 0 saturated carbocycles. The largest absolute Gasteiger partial charge is 0.506 e. The number of benzene rings is 1. The number of quaternary nitrogens is 1. The molecule has 3 N–H and O–H groups in total. The molecule has 8 nitrogen and oxygen atoms in total. The first-order valence-corrected chi connectivity index (χ1v) is 7.81. The number of methoxy groups -OCH3 is 1. The smallest absolute Gasteiger partial charge is 0.411 e. The van der Waals surface area contributed by atoms with Gasteiger partial charge in [-0.3, -0.25) is 15.0 Å². The number of nitrogens with one attached hydrogen (secondary N) is 2. The van der Waals surface area contributed by atoms with Gasteiger partial charge in [-0.05, 0) is 19.2 Å². The summed E-state index contributed by atoms with van der Waals surface area (Å²) >= 11 is 0. The number of nitrogens with zero attached hydrogens (tertiary/aromatic N) is 2. The fourth-order valence-electron chi connectivity index (χ4n) is 2.63. The van der Waals surface area contributed by atoms with Gasteiger partial charge in [0.05, 0.1) is 32.9 Å². The number of likely N-dealkylation sites (N-methyl/N-ethyl adjacent to an activating group) is 2. The van der Waals surface area contributed by atoms with Gasteiger partial charge in [0.25, 0.3) is 5.91 Å². The molecule has 1 aromatic rings. The van der Waals surface area contributed by atoms with E-state index in [0.29, 0.717) is 16.7 Å². The van der Waals surface area contributed by atoms with Crippen LogP contribution in [0.4, 0.5) is 16.2 Å². The van der Waals surface area contributed by atoms with Crippen LogP contribution in [0.25, 0.3) is 0 Å². The summed E-state index contributed by atoms with van der Waals surface area (Å²) in [5, 5.41) is 15.1. The predicted molar refractivity (Wildman–Crippen MR) is 91.0 cm³/mol. The van der Waals surface area contributed by atoms with E-state index in [2.05, 4.69) is 34.4 Å². The van der Waals surface area contributed by atoms with Gasteiger partial charge in [0, 0.05) is 24.8 Å². The minimum absolute atomic E-state index is 0.102. The topological polar surface area (TPSA) is 90.9 Å². The molecule has 0 aliphatic carbocycles. The van der Waals surface area contributed by atoms with Crippen LogP contribution in [-0.4, -0.2) is 80.4 Å². The van der Waals surface area contributed by atoms with Gasteiger partial charge in [-0.1, -0.05) is 0 Å². The molecular weight excluding hydrogens is 312 g/mol. The highest BCUT2D eigenvalue weighted by atomic mass is 16.5. The number of amides is 2. The molecule has 0 bridgehead atoms. The Kier molecular flexibility index (Phi) is 5.63. The predicted octanol–water partition coefficient (Wildman–Crippen LogP) is 0.901. The first kappa shape index (κ1) is 18.0. The third-order valence-electron chi connectivity index (χ3n) is 4.27. The minimum atomic E-state index is -0.672. The number of hydrogen-bond acceptors (Lipinski definition) is 5. The molecule has 2 rings (SSSR count). The quantitative estimate of drug-likeness (QED) is 0.561. The molecule has 24 heavy (non-hydrogen) atoms. The fourth-order valence-corrected chi connectivity index (χ4v) is 2.63. The highest BCUT2D eigenvalue weighted by Gasteiger charge is 2.29. The number of anilines is 2. The van der Waals surface area contributed by atoms with Crippen molar-refractivity contribution in [2.45, 2.75) is 0 Å². The molecule has 1 aliphatic rings. The third-order valence-corrected chi connectivity index (χ3v) is 4.27. The molecule has 0 radical (unpaired) electrons. The second kappa shape index (κ2) is 7.50. The summed E-state index contributed by atoms with van der Waals surface area (Å²) in [6, 6.07) is 4.52. The van der Waals surface area contributed by atoms with Crippen LogP contribution in [0.15, 0.2) is 18.2 Å². The number of aromatic hydroxyl groups is 1. The normalized spacial score (nSPS) is 17.1. The number of phenols is 1. The number of phenolic OH excluding ortho intramolecular Hbond substituents is 1. The van der Waals surface area contributed by atoms with Crippen molar-refractivity contribution in [1.29, 1.82) is 0 Å².